The van der Waals surface area contributed by atoms with Gasteiger partial charge in [-0.1, -0.05) is 0 Å². The van der Waals surface area contributed by atoms with E-state index in [0.29, 0.717) is 46.7 Å². The molecule has 3 heterocycles. The summed E-state index contributed by atoms with van der Waals surface area (Å²) in [5, 5.41) is 3.90. The highest BCUT2D eigenvalue weighted by molar-refractivity contribution is 5.91. The molecule has 3 N–H and O–H groups in total. The van der Waals surface area contributed by atoms with Crippen LogP contribution in [0.4, 0.5) is 24.7 Å². The van der Waals surface area contributed by atoms with Crippen LogP contribution in [0.15, 0.2) is 30.3 Å². The van der Waals surface area contributed by atoms with Gasteiger partial charge in [-0.05, 0) is 81.0 Å². The van der Waals surface area contributed by atoms with Gasteiger partial charge in [0, 0.05) is 24.2 Å². The van der Waals surface area contributed by atoms with Gasteiger partial charge in [-0.15, -0.1) is 0 Å². The molecule has 0 radical (unpaired) electrons. The molecule has 190 valence electrons. The first-order chi connectivity index (χ1) is 17.1. The van der Waals surface area contributed by atoms with Gasteiger partial charge in [0.15, 0.2) is 6.10 Å². The van der Waals surface area contributed by atoms with E-state index in [1.165, 1.54) is 6.07 Å². The lowest BCUT2D eigenvalue weighted by molar-refractivity contribution is -0.138. The molecule has 1 aromatic heterocycles. The van der Waals surface area contributed by atoms with Crippen LogP contribution in [0.5, 0.6) is 5.75 Å². The Morgan fingerprint density at radius 2 is 1.92 bits per heavy atom. The summed E-state index contributed by atoms with van der Waals surface area (Å²) in [6.45, 7) is 5.04. The number of carbonyl (C=O) groups excluding carboxylic acids is 1. The number of halogens is 3. The highest BCUT2D eigenvalue weighted by Gasteiger charge is 2.33. The number of likely N-dealkylation sites (tertiary alicyclic amines) is 1. The van der Waals surface area contributed by atoms with E-state index in [1.54, 1.807) is 13.8 Å². The fourth-order valence-electron chi connectivity index (χ4n) is 4.92. The Kier molecular flexibility index (Phi) is 6.13. The van der Waals surface area contributed by atoms with Crippen LogP contribution >= 0.6 is 0 Å². The Morgan fingerprint density at radius 3 is 2.64 bits per heavy atom. The summed E-state index contributed by atoms with van der Waals surface area (Å²) in [4.78, 5) is 23.8. The topological polar surface area (TPSA) is 93.4 Å². The number of benzene rings is 2. The second-order valence-electron chi connectivity index (χ2n) is 9.53. The number of nitrogen functional groups attached to an aromatic ring is 1. The minimum absolute atomic E-state index is 0.0208. The van der Waals surface area contributed by atoms with Gasteiger partial charge in [0.25, 0.3) is 5.91 Å². The van der Waals surface area contributed by atoms with Gasteiger partial charge in [0.2, 0.25) is 0 Å². The van der Waals surface area contributed by atoms with Crippen molar-refractivity contribution in [1.29, 1.82) is 0 Å². The van der Waals surface area contributed by atoms with Crippen molar-refractivity contribution < 1.29 is 22.7 Å². The normalized spacial score (nSPS) is 18.6. The molecule has 2 aliphatic rings. The first-order valence-corrected chi connectivity index (χ1v) is 12.1. The number of aromatic nitrogens is 2. The molecule has 10 heteroatoms. The summed E-state index contributed by atoms with van der Waals surface area (Å²) in [5.41, 5.74) is 7.05. The smallest absolute Gasteiger partial charge is 0.416 e. The number of nitrogens with zero attached hydrogens (tertiary/aromatic N) is 3. The monoisotopic (exact) mass is 499 g/mol. The van der Waals surface area contributed by atoms with E-state index in [4.69, 9.17) is 10.5 Å². The predicted octanol–water partition coefficient (Wildman–Crippen LogP) is 5.03. The van der Waals surface area contributed by atoms with E-state index >= 15 is 0 Å². The summed E-state index contributed by atoms with van der Waals surface area (Å²) in [6.07, 6.45) is -1.69. The summed E-state index contributed by atoms with van der Waals surface area (Å²) in [5.74, 6) is 1.63. The van der Waals surface area contributed by atoms with E-state index in [9.17, 15) is 18.0 Å². The highest BCUT2D eigenvalue weighted by atomic mass is 19.4. The molecule has 5 rings (SSSR count). The van der Waals surface area contributed by atoms with Crippen molar-refractivity contribution >= 4 is 28.3 Å². The number of rotatable bonds is 4. The van der Waals surface area contributed by atoms with Crippen LogP contribution in [0.2, 0.25) is 0 Å². The average molecular weight is 500 g/mol. The van der Waals surface area contributed by atoms with Gasteiger partial charge in [-0.25, -0.2) is 9.97 Å². The molecule has 2 aliphatic heterocycles. The number of carbonyl (C=O) groups is 1. The summed E-state index contributed by atoms with van der Waals surface area (Å²) < 4.78 is 46.1. The molecule has 2 aromatic carbocycles. The van der Waals surface area contributed by atoms with Crippen molar-refractivity contribution in [3.8, 4) is 5.75 Å². The minimum Gasteiger partial charge on any atom is -0.480 e. The van der Waals surface area contributed by atoms with E-state index in [1.807, 2.05) is 17.0 Å². The number of hydrogen-bond acceptors (Lipinski definition) is 6. The Hall–Kier alpha value is -3.56. The third-order valence-electron chi connectivity index (χ3n) is 6.79. The number of amides is 1. The van der Waals surface area contributed by atoms with Crippen LogP contribution < -0.4 is 15.8 Å². The summed E-state index contributed by atoms with van der Waals surface area (Å²) in [6, 6.07) is 6.77. The van der Waals surface area contributed by atoms with Gasteiger partial charge in [-0.3, -0.25) is 4.79 Å². The van der Waals surface area contributed by atoms with Crippen molar-refractivity contribution in [2.75, 3.05) is 24.1 Å². The fraction of sp³-hybridized carbons (Fsp3) is 0.423. The lowest BCUT2D eigenvalue weighted by Crippen LogP contribution is -2.42. The quantitative estimate of drug-likeness (QED) is 0.489. The van der Waals surface area contributed by atoms with Gasteiger partial charge in [0.1, 0.15) is 17.4 Å². The van der Waals surface area contributed by atoms with Crippen LogP contribution in [0.1, 0.15) is 54.7 Å². The van der Waals surface area contributed by atoms with Crippen molar-refractivity contribution in [2.24, 2.45) is 0 Å². The summed E-state index contributed by atoms with van der Waals surface area (Å²) in [7, 11) is 0. The lowest BCUT2D eigenvalue weighted by Gasteiger charge is -2.29. The van der Waals surface area contributed by atoms with Gasteiger partial charge < -0.3 is 20.7 Å². The molecule has 0 saturated carbocycles. The third-order valence-corrected chi connectivity index (χ3v) is 6.79. The first-order valence-electron chi connectivity index (χ1n) is 12.1. The molecule has 3 aromatic rings. The fourth-order valence-corrected chi connectivity index (χ4v) is 4.92. The van der Waals surface area contributed by atoms with Crippen LogP contribution in [0.25, 0.3) is 10.9 Å². The molecule has 1 amide bonds. The minimum atomic E-state index is -4.50. The molecule has 2 atom stereocenters. The lowest BCUT2D eigenvalue weighted by atomic mass is 9.99. The Morgan fingerprint density at radius 1 is 1.17 bits per heavy atom. The molecule has 7 nitrogen and oxygen atoms in total. The Bertz CT molecular complexity index is 1320. The zero-order chi connectivity index (χ0) is 25.6. The van der Waals surface area contributed by atoms with Crippen LogP contribution in [-0.2, 0) is 17.4 Å². The number of anilines is 2. The molecule has 36 heavy (non-hydrogen) atoms. The van der Waals surface area contributed by atoms with Gasteiger partial charge in [-0.2, -0.15) is 13.2 Å². The summed E-state index contributed by atoms with van der Waals surface area (Å²) >= 11 is 0. The van der Waals surface area contributed by atoms with Crippen molar-refractivity contribution in [1.82, 2.24) is 14.9 Å². The zero-order valence-electron chi connectivity index (χ0n) is 20.2. The first kappa shape index (κ1) is 24.1. The highest BCUT2D eigenvalue weighted by Crippen LogP contribution is 2.37. The number of nitrogens with two attached hydrogens (primary N) is 1. The molecule has 1 fully saturated rings. The molecular weight excluding hydrogens is 471 g/mol. The maximum Gasteiger partial charge on any atom is 0.416 e. The number of nitrogens with one attached hydrogen (secondary N) is 1. The van der Waals surface area contributed by atoms with E-state index in [-0.39, 0.29) is 11.6 Å². The second-order valence-corrected chi connectivity index (χ2v) is 9.53. The van der Waals surface area contributed by atoms with E-state index in [2.05, 4.69) is 15.3 Å². The molecule has 0 spiro atoms. The van der Waals surface area contributed by atoms with Gasteiger partial charge in [0.05, 0.1) is 17.1 Å². The molecule has 1 saturated heterocycles. The standard InChI is InChI=1S/C26H28F3N5O2/c1-14(17-9-18(26(27,28)29)12-19(30)10-17)31-24-20-13-23-16(11-21(20)32-15(2)33-24)5-6-22(36-23)25(35)34-7-3-4-8-34/h9-14,22H,3-8,30H2,1-2H3,(H,31,32,33)/t14-,22?/m1/s1. The largest absolute Gasteiger partial charge is 0.480 e. The maximum absolute atomic E-state index is 13.3. The predicted molar refractivity (Wildman–Crippen MR) is 131 cm³/mol. The average Bonchev–Trinajstić information content (AvgIpc) is 3.36. The number of aryl methyl sites for hydroxylation is 2. The maximum atomic E-state index is 13.3. The van der Waals surface area contributed by atoms with Crippen molar-refractivity contribution in [2.45, 2.75) is 57.9 Å². The van der Waals surface area contributed by atoms with Crippen molar-refractivity contribution in [3.05, 3.63) is 52.8 Å². The van der Waals surface area contributed by atoms with Crippen LogP contribution in [0, 0.1) is 6.92 Å². The molecule has 0 bridgehead atoms. The number of hydrogen-bond donors (Lipinski definition) is 2. The molecular formula is C26H28F3N5O2. The number of ether oxygens (including phenoxy) is 1. The Labute approximate surface area is 206 Å². The SMILES string of the molecule is Cc1nc(N[C@H](C)c2cc(N)cc(C(F)(F)F)c2)c2cc3c(cc2n1)CCC(C(=O)N1CCCC1)O3. The van der Waals surface area contributed by atoms with Gasteiger partial charge >= 0.3 is 6.18 Å². The third kappa shape index (κ3) is 4.76. The van der Waals surface area contributed by atoms with E-state index in [0.717, 1.165) is 43.6 Å². The van der Waals surface area contributed by atoms with Crippen LogP contribution in [0.3, 0.4) is 0 Å². The van der Waals surface area contributed by atoms with Crippen molar-refractivity contribution in [3.63, 3.8) is 0 Å². The number of fused-ring (bicyclic) bond motifs is 2. The molecule has 1 unspecified atom stereocenters. The second kappa shape index (κ2) is 9.15. The zero-order valence-corrected chi connectivity index (χ0v) is 20.2. The molecule has 0 aliphatic carbocycles. The van der Waals surface area contributed by atoms with Crippen LogP contribution in [-0.4, -0.2) is 40.0 Å². The van der Waals surface area contributed by atoms with E-state index < -0.39 is 23.9 Å². The Balaban J connectivity index is 1.46. The number of alkyl halides is 3.